The number of rotatable bonds is 4. The molecule has 8 heteroatoms. The van der Waals surface area contributed by atoms with Crippen molar-refractivity contribution in [2.75, 3.05) is 12.9 Å². The Kier molecular flexibility index (Phi) is 3.91. The van der Waals surface area contributed by atoms with Gasteiger partial charge in [-0.3, -0.25) is 9.48 Å². The molecule has 0 bridgehead atoms. The van der Waals surface area contributed by atoms with E-state index in [-0.39, 0.29) is 18.4 Å². The number of carbonyl (C=O) groups excluding carboxylic acids is 1. The summed E-state index contributed by atoms with van der Waals surface area (Å²) in [5.41, 5.74) is 5.33. The van der Waals surface area contributed by atoms with Crippen LogP contribution in [0.25, 0.3) is 0 Å². The van der Waals surface area contributed by atoms with Gasteiger partial charge in [0.15, 0.2) is 9.84 Å². The van der Waals surface area contributed by atoms with Crippen molar-refractivity contribution in [1.82, 2.24) is 9.78 Å². The number of nitrogens with zero attached hydrogens (tertiary/aromatic N) is 2. The molecule has 0 unspecified atom stereocenters. The fourth-order valence-electron chi connectivity index (χ4n) is 2.07. The summed E-state index contributed by atoms with van der Waals surface area (Å²) in [4.78, 5) is 10.9. The second-order valence-electron chi connectivity index (χ2n) is 4.77. The molecule has 0 radical (unpaired) electrons. The number of hydrogen-bond donors (Lipinski definition) is 1. The summed E-state index contributed by atoms with van der Waals surface area (Å²) in [5, 5.41) is 3.60. The van der Waals surface area contributed by atoms with Crippen LogP contribution in [-0.4, -0.2) is 48.3 Å². The molecule has 106 valence electrons. The van der Waals surface area contributed by atoms with Crippen molar-refractivity contribution in [3.63, 3.8) is 0 Å². The Morgan fingerprint density at radius 3 is 2.79 bits per heavy atom. The Hall–Kier alpha value is -1.41. The van der Waals surface area contributed by atoms with Crippen molar-refractivity contribution < 1.29 is 17.9 Å². The van der Waals surface area contributed by atoms with Gasteiger partial charge in [-0.2, -0.15) is 5.10 Å². The summed E-state index contributed by atoms with van der Waals surface area (Å²) >= 11 is 0. The molecule has 1 aliphatic rings. The van der Waals surface area contributed by atoms with Gasteiger partial charge in [0, 0.05) is 12.5 Å². The van der Waals surface area contributed by atoms with Crippen LogP contribution >= 0.6 is 0 Å². The molecule has 1 amide bonds. The largest absolute Gasteiger partial charge is 0.375 e. The average Bonchev–Trinajstić information content (AvgIpc) is 2.77. The van der Waals surface area contributed by atoms with E-state index in [9.17, 15) is 13.2 Å². The molecule has 0 spiro atoms. The van der Waals surface area contributed by atoms with Gasteiger partial charge in [0.2, 0.25) is 0 Å². The van der Waals surface area contributed by atoms with Gasteiger partial charge in [-0.25, -0.2) is 8.42 Å². The number of ether oxygens (including phenoxy) is 1. The predicted molar refractivity (Wildman–Crippen MR) is 68.4 cm³/mol. The van der Waals surface area contributed by atoms with E-state index in [0.29, 0.717) is 19.4 Å². The van der Waals surface area contributed by atoms with Crippen molar-refractivity contribution in [3.8, 4) is 0 Å². The summed E-state index contributed by atoms with van der Waals surface area (Å²) in [5.74, 6) is -0.569. The fraction of sp³-hybridized carbons (Fsp3) is 0.636. The normalized spacial score (nSPS) is 24.3. The topological polar surface area (TPSA) is 104 Å². The van der Waals surface area contributed by atoms with Gasteiger partial charge in [0.25, 0.3) is 5.91 Å². The highest BCUT2D eigenvalue weighted by Crippen LogP contribution is 2.19. The Balaban J connectivity index is 1.90. The SMILES string of the molecule is CS(=O)(=O)[C@@H]1CC[C@H](Cn2ccc(C(N)=O)n2)OC1. The Morgan fingerprint density at radius 2 is 2.32 bits per heavy atom. The lowest BCUT2D eigenvalue weighted by atomic mass is 10.1. The van der Waals surface area contributed by atoms with E-state index in [2.05, 4.69) is 5.10 Å². The number of hydrogen-bond acceptors (Lipinski definition) is 5. The highest BCUT2D eigenvalue weighted by molar-refractivity contribution is 7.91. The van der Waals surface area contributed by atoms with Gasteiger partial charge in [0.1, 0.15) is 5.69 Å². The quantitative estimate of drug-likeness (QED) is 0.809. The molecule has 1 saturated heterocycles. The molecule has 0 saturated carbocycles. The molecule has 7 nitrogen and oxygen atoms in total. The Bertz CT molecular complexity index is 558. The van der Waals surface area contributed by atoms with Crippen molar-refractivity contribution in [1.29, 1.82) is 0 Å². The smallest absolute Gasteiger partial charge is 0.269 e. The Labute approximate surface area is 111 Å². The summed E-state index contributed by atoms with van der Waals surface area (Å²) in [7, 11) is -3.04. The van der Waals surface area contributed by atoms with E-state index in [4.69, 9.17) is 10.5 Å². The van der Waals surface area contributed by atoms with Gasteiger partial charge < -0.3 is 10.5 Å². The molecule has 2 atom stereocenters. The van der Waals surface area contributed by atoms with Gasteiger partial charge in [-0.15, -0.1) is 0 Å². The second-order valence-corrected chi connectivity index (χ2v) is 7.10. The minimum atomic E-state index is -3.04. The summed E-state index contributed by atoms with van der Waals surface area (Å²) in [6, 6.07) is 1.55. The monoisotopic (exact) mass is 287 g/mol. The van der Waals surface area contributed by atoms with Gasteiger partial charge >= 0.3 is 0 Å². The first-order valence-corrected chi connectivity index (χ1v) is 7.95. The first kappa shape index (κ1) is 14.0. The molecule has 0 aliphatic carbocycles. The van der Waals surface area contributed by atoms with E-state index in [1.165, 1.54) is 6.26 Å². The summed E-state index contributed by atoms with van der Waals surface area (Å²) < 4.78 is 29.9. The van der Waals surface area contributed by atoms with Crippen LogP contribution < -0.4 is 5.73 Å². The van der Waals surface area contributed by atoms with Crippen LogP contribution in [0.4, 0.5) is 0 Å². The molecule has 1 aromatic rings. The summed E-state index contributed by atoms with van der Waals surface area (Å²) in [6.45, 7) is 0.706. The highest BCUT2D eigenvalue weighted by atomic mass is 32.2. The fourth-order valence-corrected chi connectivity index (χ4v) is 2.96. The molecule has 2 N–H and O–H groups in total. The summed E-state index contributed by atoms with van der Waals surface area (Å²) in [6.07, 6.45) is 4.05. The van der Waals surface area contributed by atoms with Gasteiger partial charge in [-0.05, 0) is 18.9 Å². The van der Waals surface area contributed by atoms with Gasteiger partial charge in [-0.1, -0.05) is 0 Å². The van der Waals surface area contributed by atoms with Crippen molar-refractivity contribution in [2.45, 2.75) is 30.7 Å². The number of carbonyl (C=O) groups is 1. The lowest BCUT2D eigenvalue weighted by Gasteiger charge is -2.27. The minimum Gasteiger partial charge on any atom is -0.375 e. The molecule has 1 aromatic heterocycles. The van der Waals surface area contributed by atoms with E-state index in [0.717, 1.165) is 0 Å². The number of sulfone groups is 1. The molecule has 1 aliphatic heterocycles. The maximum absolute atomic E-state index is 11.4. The zero-order valence-electron chi connectivity index (χ0n) is 10.7. The zero-order chi connectivity index (χ0) is 14.0. The molecular formula is C11H17N3O4S. The Morgan fingerprint density at radius 1 is 1.58 bits per heavy atom. The predicted octanol–water partition coefficient (Wildman–Crippen LogP) is -0.426. The highest BCUT2D eigenvalue weighted by Gasteiger charge is 2.28. The van der Waals surface area contributed by atoms with Crippen LogP contribution in [0.2, 0.25) is 0 Å². The number of aromatic nitrogens is 2. The van der Waals surface area contributed by atoms with Crippen LogP contribution in [0.5, 0.6) is 0 Å². The van der Waals surface area contributed by atoms with Gasteiger partial charge in [0.05, 0.1) is 24.5 Å². The van der Waals surface area contributed by atoms with Crippen molar-refractivity contribution >= 4 is 15.7 Å². The van der Waals surface area contributed by atoms with E-state index >= 15 is 0 Å². The lowest BCUT2D eigenvalue weighted by Crippen LogP contribution is -2.36. The molecule has 0 aromatic carbocycles. The zero-order valence-corrected chi connectivity index (χ0v) is 11.5. The van der Waals surface area contributed by atoms with Crippen LogP contribution in [0, 0.1) is 0 Å². The van der Waals surface area contributed by atoms with Crippen molar-refractivity contribution in [2.24, 2.45) is 5.73 Å². The molecule has 2 heterocycles. The molecule has 19 heavy (non-hydrogen) atoms. The second kappa shape index (κ2) is 5.30. The van der Waals surface area contributed by atoms with Crippen LogP contribution in [0.15, 0.2) is 12.3 Å². The standard InChI is InChI=1S/C11H17N3O4S/c1-19(16,17)9-3-2-8(18-7-9)6-14-5-4-10(13-14)11(12)15/h4-5,8-9H,2-3,6-7H2,1H3,(H2,12,15)/t8-,9-/m1/s1. The van der Waals surface area contributed by atoms with E-state index in [1.807, 2.05) is 0 Å². The number of amides is 1. The van der Waals surface area contributed by atoms with Crippen LogP contribution in [0.3, 0.4) is 0 Å². The third-order valence-electron chi connectivity index (χ3n) is 3.22. The lowest BCUT2D eigenvalue weighted by molar-refractivity contribution is 0.00610. The molecule has 1 fully saturated rings. The first-order chi connectivity index (χ1) is 8.86. The third-order valence-corrected chi connectivity index (χ3v) is 4.80. The average molecular weight is 287 g/mol. The maximum atomic E-state index is 11.4. The molecule has 2 rings (SSSR count). The maximum Gasteiger partial charge on any atom is 0.269 e. The minimum absolute atomic E-state index is 0.0846. The molecular weight excluding hydrogens is 270 g/mol. The van der Waals surface area contributed by atoms with E-state index < -0.39 is 21.0 Å². The van der Waals surface area contributed by atoms with Crippen LogP contribution in [0.1, 0.15) is 23.3 Å². The number of primary amides is 1. The van der Waals surface area contributed by atoms with E-state index in [1.54, 1.807) is 16.9 Å². The van der Waals surface area contributed by atoms with Crippen molar-refractivity contribution in [3.05, 3.63) is 18.0 Å². The van der Waals surface area contributed by atoms with Crippen LogP contribution in [-0.2, 0) is 21.1 Å². The third kappa shape index (κ3) is 3.54. The number of nitrogens with two attached hydrogens (primary N) is 1. The first-order valence-electron chi connectivity index (χ1n) is 6.00.